The predicted molar refractivity (Wildman–Crippen MR) is 73.4 cm³/mol. The van der Waals surface area contributed by atoms with Crippen LogP contribution >= 0.6 is 0 Å². The molecule has 4 N–H and O–H groups in total. The Kier molecular flexibility index (Phi) is 5.97. The first-order valence-electron chi connectivity index (χ1n) is 5.73. The molecule has 1 aromatic rings. The lowest BCUT2D eigenvalue weighted by atomic mass is 10.3. The molecule has 0 radical (unpaired) electrons. The SMILES string of the molecule is C=CCNS(=O)(=O)c1ccc(NCC(O)CO)cc1. The van der Waals surface area contributed by atoms with Gasteiger partial charge in [-0.2, -0.15) is 0 Å². The number of aliphatic hydroxyl groups is 2. The van der Waals surface area contributed by atoms with Crippen molar-refractivity contribution < 1.29 is 18.6 Å². The fourth-order valence-electron chi connectivity index (χ4n) is 1.30. The number of rotatable bonds is 8. The van der Waals surface area contributed by atoms with E-state index in [1.54, 1.807) is 12.1 Å². The zero-order valence-corrected chi connectivity index (χ0v) is 11.2. The second-order valence-electron chi connectivity index (χ2n) is 3.88. The summed E-state index contributed by atoms with van der Waals surface area (Å²) in [7, 11) is -3.51. The van der Waals surface area contributed by atoms with E-state index in [-0.39, 0.29) is 24.6 Å². The fourth-order valence-corrected chi connectivity index (χ4v) is 2.30. The monoisotopic (exact) mass is 286 g/mol. The third kappa shape index (κ3) is 4.99. The largest absolute Gasteiger partial charge is 0.394 e. The second kappa shape index (κ2) is 7.25. The molecule has 6 nitrogen and oxygen atoms in total. The van der Waals surface area contributed by atoms with Gasteiger partial charge in [-0.05, 0) is 24.3 Å². The lowest BCUT2D eigenvalue weighted by Gasteiger charge is -2.11. The Balaban J connectivity index is 2.68. The molecule has 0 saturated carbocycles. The average molecular weight is 286 g/mol. The molecule has 106 valence electrons. The van der Waals surface area contributed by atoms with Crippen LogP contribution in [-0.4, -0.2) is 44.4 Å². The van der Waals surface area contributed by atoms with E-state index in [4.69, 9.17) is 5.11 Å². The first kappa shape index (κ1) is 15.6. The van der Waals surface area contributed by atoms with Crippen LogP contribution in [0.25, 0.3) is 0 Å². The van der Waals surface area contributed by atoms with Gasteiger partial charge in [-0.3, -0.25) is 0 Å². The number of aliphatic hydroxyl groups excluding tert-OH is 2. The molecule has 0 spiro atoms. The summed E-state index contributed by atoms with van der Waals surface area (Å²) in [6.45, 7) is 3.47. The van der Waals surface area contributed by atoms with Gasteiger partial charge < -0.3 is 15.5 Å². The van der Waals surface area contributed by atoms with Gasteiger partial charge in [0.15, 0.2) is 0 Å². The van der Waals surface area contributed by atoms with Crippen LogP contribution in [0.4, 0.5) is 5.69 Å². The highest BCUT2D eigenvalue weighted by Crippen LogP contribution is 2.13. The maximum absolute atomic E-state index is 11.8. The maximum Gasteiger partial charge on any atom is 0.240 e. The molecule has 1 atom stereocenters. The molecular formula is C12H18N2O4S. The van der Waals surface area contributed by atoms with Crippen molar-refractivity contribution >= 4 is 15.7 Å². The van der Waals surface area contributed by atoms with Crippen molar-refractivity contribution in [3.05, 3.63) is 36.9 Å². The van der Waals surface area contributed by atoms with Crippen molar-refractivity contribution in [2.24, 2.45) is 0 Å². The molecule has 0 amide bonds. The van der Waals surface area contributed by atoms with Crippen molar-refractivity contribution in [2.45, 2.75) is 11.0 Å². The summed E-state index contributed by atoms with van der Waals surface area (Å²) in [4.78, 5) is 0.155. The number of hydrogen-bond donors (Lipinski definition) is 4. The molecule has 0 fully saturated rings. The van der Waals surface area contributed by atoms with Gasteiger partial charge in [0.05, 0.1) is 17.6 Å². The van der Waals surface area contributed by atoms with Crippen LogP contribution in [0.5, 0.6) is 0 Å². The minimum atomic E-state index is -3.51. The summed E-state index contributed by atoms with van der Waals surface area (Å²) in [6.07, 6.45) is 0.613. The van der Waals surface area contributed by atoms with E-state index < -0.39 is 16.1 Å². The molecule has 7 heteroatoms. The molecule has 0 heterocycles. The Morgan fingerprint density at radius 1 is 1.32 bits per heavy atom. The quantitative estimate of drug-likeness (QED) is 0.501. The zero-order chi connectivity index (χ0) is 14.3. The normalized spacial score (nSPS) is 12.9. The van der Waals surface area contributed by atoms with Gasteiger partial charge in [0.25, 0.3) is 0 Å². The first-order valence-corrected chi connectivity index (χ1v) is 7.21. The van der Waals surface area contributed by atoms with E-state index >= 15 is 0 Å². The Labute approximate surface area is 112 Å². The predicted octanol–water partition coefficient (Wildman–Crippen LogP) is -0.0840. The Bertz CT molecular complexity index is 499. The average Bonchev–Trinajstić information content (AvgIpc) is 2.43. The summed E-state index contributed by atoms with van der Waals surface area (Å²) in [5.74, 6) is 0. The van der Waals surface area contributed by atoms with Crippen molar-refractivity contribution in [3.8, 4) is 0 Å². The third-order valence-corrected chi connectivity index (χ3v) is 3.77. The molecule has 0 aliphatic carbocycles. The molecule has 0 bridgehead atoms. The highest BCUT2D eigenvalue weighted by atomic mass is 32.2. The third-order valence-electron chi connectivity index (χ3n) is 2.33. The second-order valence-corrected chi connectivity index (χ2v) is 5.65. The molecule has 19 heavy (non-hydrogen) atoms. The van der Waals surface area contributed by atoms with Gasteiger partial charge in [-0.1, -0.05) is 6.08 Å². The Morgan fingerprint density at radius 3 is 2.47 bits per heavy atom. The van der Waals surface area contributed by atoms with Crippen molar-refractivity contribution in [1.29, 1.82) is 0 Å². The van der Waals surface area contributed by atoms with E-state index in [0.717, 1.165) is 0 Å². The van der Waals surface area contributed by atoms with Gasteiger partial charge in [-0.15, -0.1) is 6.58 Å². The van der Waals surface area contributed by atoms with E-state index in [1.165, 1.54) is 18.2 Å². The van der Waals surface area contributed by atoms with Gasteiger partial charge in [0, 0.05) is 18.8 Å². The molecule has 1 unspecified atom stereocenters. The molecule has 0 aliphatic heterocycles. The molecule has 0 aromatic heterocycles. The highest BCUT2D eigenvalue weighted by molar-refractivity contribution is 7.89. The number of nitrogens with one attached hydrogen (secondary N) is 2. The van der Waals surface area contributed by atoms with Crippen molar-refractivity contribution in [1.82, 2.24) is 4.72 Å². The minimum Gasteiger partial charge on any atom is -0.394 e. The summed E-state index contributed by atoms with van der Waals surface area (Å²) in [5.41, 5.74) is 0.662. The summed E-state index contributed by atoms with van der Waals surface area (Å²) < 4.78 is 25.9. The van der Waals surface area contributed by atoms with Crippen LogP contribution in [-0.2, 0) is 10.0 Å². The van der Waals surface area contributed by atoms with Crippen LogP contribution in [0, 0.1) is 0 Å². The van der Waals surface area contributed by atoms with E-state index in [1.807, 2.05) is 0 Å². The first-order chi connectivity index (χ1) is 8.99. The van der Waals surface area contributed by atoms with Gasteiger partial charge in [0.1, 0.15) is 0 Å². The van der Waals surface area contributed by atoms with Crippen molar-refractivity contribution in [3.63, 3.8) is 0 Å². The molecule has 1 rings (SSSR count). The van der Waals surface area contributed by atoms with Gasteiger partial charge in [-0.25, -0.2) is 13.1 Å². The summed E-state index contributed by atoms with van der Waals surface area (Å²) in [6, 6.07) is 6.09. The number of anilines is 1. The van der Waals surface area contributed by atoms with Crippen LogP contribution < -0.4 is 10.0 Å². The maximum atomic E-state index is 11.8. The lowest BCUT2D eigenvalue weighted by molar-refractivity contribution is 0.105. The van der Waals surface area contributed by atoms with E-state index in [2.05, 4.69) is 16.6 Å². The fraction of sp³-hybridized carbons (Fsp3) is 0.333. The standard InChI is InChI=1S/C12H18N2O4S/c1-2-7-14-19(17,18)12-5-3-10(4-6-12)13-8-11(16)9-15/h2-6,11,13-16H,1,7-9H2. The smallest absolute Gasteiger partial charge is 0.240 e. The van der Waals surface area contributed by atoms with E-state index in [0.29, 0.717) is 5.69 Å². The Morgan fingerprint density at radius 2 is 1.95 bits per heavy atom. The zero-order valence-electron chi connectivity index (χ0n) is 10.4. The number of hydrogen-bond acceptors (Lipinski definition) is 5. The van der Waals surface area contributed by atoms with Crippen LogP contribution in [0.15, 0.2) is 41.8 Å². The van der Waals surface area contributed by atoms with Crippen LogP contribution in [0.1, 0.15) is 0 Å². The van der Waals surface area contributed by atoms with E-state index in [9.17, 15) is 13.5 Å². The molecule has 0 aliphatic rings. The van der Waals surface area contributed by atoms with Crippen LogP contribution in [0.3, 0.4) is 0 Å². The minimum absolute atomic E-state index is 0.155. The van der Waals surface area contributed by atoms with Crippen molar-refractivity contribution in [2.75, 3.05) is 25.0 Å². The summed E-state index contributed by atoms with van der Waals surface area (Å²) in [5, 5.41) is 20.7. The highest BCUT2D eigenvalue weighted by Gasteiger charge is 2.12. The number of sulfonamides is 1. The van der Waals surface area contributed by atoms with Gasteiger partial charge in [0.2, 0.25) is 10.0 Å². The van der Waals surface area contributed by atoms with Gasteiger partial charge >= 0.3 is 0 Å². The molecule has 0 saturated heterocycles. The summed E-state index contributed by atoms with van der Waals surface area (Å²) >= 11 is 0. The Hall–Kier alpha value is -1.41. The molecular weight excluding hydrogens is 268 g/mol. The topological polar surface area (TPSA) is 98.7 Å². The number of benzene rings is 1. The molecule has 1 aromatic carbocycles. The lowest BCUT2D eigenvalue weighted by Crippen LogP contribution is -2.24. The van der Waals surface area contributed by atoms with Crippen LogP contribution in [0.2, 0.25) is 0 Å².